The third-order valence-corrected chi connectivity index (χ3v) is 4.10. The van der Waals surface area contributed by atoms with Gasteiger partial charge in [-0.3, -0.25) is 0 Å². The topological polar surface area (TPSA) is 63.6 Å². The highest BCUT2D eigenvalue weighted by Gasteiger charge is 2.15. The van der Waals surface area contributed by atoms with Crippen molar-refractivity contribution in [3.05, 3.63) is 34.9 Å². The third kappa shape index (κ3) is 7.16. The van der Waals surface area contributed by atoms with Crippen molar-refractivity contribution >= 4 is 11.9 Å². The molecule has 0 atom stereocenters. The molecule has 1 rings (SSSR count). The molecular weight excluding hydrogens is 304 g/mol. The number of unbranched alkanes of at least 4 members (excludes halogenated alkanes) is 6. The van der Waals surface area contributed by atoms with E-state index >= 15 is 0 Å². The monoisotopic (exact) mass is 334 g/mol. The van der Waals surface area contributed by atoms with Gasteiger partial charge in [0, 0.05) is 0 Å². The predicted octanol–water partition coefficient (Wildman–Crippen LogP) is 5.24. The van der Waals surface area contributed by atoms with E-state index < -0.39 is 5.97 Å². The van der Waals surface area contributed by atoms with Gasteiger partial charge in [0.1, 0.15) is 0 Å². The molecule has 0 saturated heterocycles. The van der Waals surface area contributed by atoms with Crippen molar-refractivity contribution in [2.75, 3.05) is 6.61 Å². The van der Waals surface area contributed by atoms with Crippen molar-refractivity contribution in [3.8, 4) is 0 Å². The largest absolute Gasteiger partial charge is 0.478 e. The Morgan fingerprint density at radius 3 is 2.25 bits per heavy atom. The molecule has 134 valence electrons. The smallest absolute Gasteiger partial charge is 0.338 e. The number of ether oxygens (including phenoxy) is 1. The summed E-state index contributed by atoms with van der Waals surface area (Å²) in [6.45, 7) is 4.71. The Hall–Kier alpha value is -1.84. The fourth-order valence-electron chi connectivity index (χ4n) is 2.65. The highest BCUT2D eigenvalue weighted by molar-refractivity contribution is 5.94. The molecule has 0 aliphatic carbocycles. The van der Waals surface area contributed by atoms with Crippen LogP contribution in [0.5, 0.6) is 0 Å². The lowest BCUT2D eigenvalue weighted by molar-refractivity contribution is 0.0495. The first-order chi connectivity index (χ1) is 11.6. The minimum Gasteiger partial charge on any atom is -0.478 e. The number of esters is 1. The van der Waals surface area contributed by atoms with Crippen LogP contribution in [-0.2, 0) is 11.2 Å². The summed E-state index contributed by atoms with van der Waals surface area (Å²) < 4.78 is 5.36. The molecule has 1 aromatic rings. The maximum atomic E-state index is 12.3. The number of benzene rings is 1. The van der Waals surface area contributed by atoms with Crippen LogP contribution in [0.2, 0.25) is 0 Å². The van der Waals surface area contributed by atoms with Crippen molar-refractivity contribution < 1.29 is 19.4 Å². The molecule has 0 saturated carbocycles. The summed E-state index contributed by atoms with van der Waals surface area (Å²) in [5, 5.41) is 9.16. The molecule has 0 radical (unpaired) electrons. The second-order valence-electron chi connectivity index (χ2n) is 6.18. The van der Waals surface area contributed by atoms with Gasteiger partial charge in [-0.1, -0.05) is 52.4 Å². The van der Waals surface area contributed by atoms with E-state index in [2.05, 4.69) is 13.8 Å². The summed E-state index contributed by atoms with van der Waals surface area (Å²) in [5.41, 5.74) is 1.51. The zero-order chi connectivity index (χ0) is 17.8. The first kappa shape index (κ1) is 20.2. The molecule has 0 bridgehead atoms. The van der Waals surface area contributed by atoms with Crippen LogP contribution in [0.1, 0.15) is 91.5 Å². The standard InChI is InChI=1S/C20H30O4/c1-3-5-7-9-11-16-15-17(19(21)22)12-13-18(16)20(23)24-14-10-8-6-4-2/h12-13,15H,3-11,14H2,1-2H3,(H,21,22). The van der Waals surface area contributed by atoms with Crippen LogP contribution in [0.3, 0.4) is 0 Å². The molecule has 0 amide bonds. The Morgan fingerprint density at radius 2 is 1.62 bits per heavy atom. The average molecular weight is 334 g/mol. The highest BCUT2D eigenvalue weighted by Crippen LogP contribution is 2.18. The summed E-state index contributed by atoms with van der Waals surface area (Å²) >= 11 is 0. The van der Waals surface area contributed by atoms with Crippen LogP contribution >= 0.6 is 0 Å². The molecule has 0 heterocycles. The second kappa shape index (κ2) is 11.7. The van der Waals surface area contributed by atoms with E-state index in [1.54, 1.807) is 12.1 Å². The maximum Gasteiger partial charge on any atom is 0.338 e. The van der Waals surface area contributed by atoms with E-state index in [4.69, 9.17) is 9.84 Å². The van der Waals surface area contributed by atoms with Crippen LogP contribution < -0.4 is 0 Å². The zero-order valence-corrected chi connectivity index (χ0v) is 15.0. The highest BCUT2D eigenvalue weighted by atomic mass is 16.5. The van der Waals surface area contributed by atoms with Crippen molar-refractivity contribution in [2.24, 2.45) is 0 Å². The molecule has 24 heavy (non-hydrogen) atoms. The molecule has 1 N–H and O–H groups in total. The molecule has 0 aromatic heterocycles. The van der Waals surface area contributed by atoms with Gasteiger partial charge in [0.05, 0.1) is 17.7 Å². The average Bonchev–Trinajstić information content (AvgIpc) is 2.58. The number of hydrogen-bond donors (Lipinski definition) is 1. The van der Waals surface area contributed by atoms with Crippen LogP contribution in [-0.4, -0.2) is 23.7 Å². The van der Waals surface area contributed by atoms with Crippen molar-refractivity contribution in [1.29, 1.82) is 0 Å². The Morgan fingerprint density at radius 1 is 0.958 bits per heavy atom. The van der Waals surface area contributed by atoms with Crippen LogP contribution in [0, 0.1) is 0 Å². The number of hydrogen-bond acceptors (Lipinski definition) is 3. The molecule has 0 unspecified atom stereocenters. The van der Waals surface area contributed by atoms with Gasteiger partial charge >= 0.3 is 11.9 Å². The minimum absolute atomic E-state index is 0.222. The van der Waals surface area contributed by atoms with Gasteiger partial charge in [-0.25, -0.2) is 9.59 Å². The third-order valence-electron chi connectivity index (χ3n) is 4.10. The first-order valence-corrected chi connectivity index (χ1v) is 9.13. The number of carboxylic acids is 1. The quantitative estimate of drug-likeness (QED) is 0.419. The Kier molecular flexibility index (Phi) is 9.81. The molecule has 0 fully saturated rings. The molecule has 4 nitrogen and oxygen atoms in total. The molecule has 0 aliphatic heterocycles. The first-order valence-electron chi connectivity index (χ1n) is 9.13. The normalized spacial score (nSPS) is 10.6. The lowest BCUT2D eigenvalue weighted by Gasteiger charge is -2.11. The van der Waals surface area contributed by atoms with Gasteiger partial charge in [-0.15, -0.1) is 0 Å². The van der Waals surface area contributed by atoms with Crippen LogP contribution in [0.25, 0.3) is 0 Å². The van der Waals surface area contributed by atoms with E-state index in [9.17, 15) is 9.59 Å². The van der Waals surface area contributed by atoms with E-state index in [-0.39, 0.29) is 11.5 Å². The van der Waals surface area contributed by atoms with E-state index in [1.165, 1.54) is 6.07 Å². The van der Waals surface area contributed by atoms with E-state index in [1.807, 2.05) is 0 Å². The van der Waals surface area contributed by atoms with Crippen molar-refractivity contribution in [3.63, 3.8) is 0 Å². The van der Waals surface area contributed by atoms with E-state index in [0.717, 1.165) is 56.9 Å². The number of aromatic carboxylic acids is 1. The fraction of sp³-hybridized carbons (Fsp3) is 0.600. The summed E-state index contributed by atoms with van der Waals surface area (Å²) in [5.74, 6) is -1.31. The summed E-state index contributed by atoms with van der Waals surface area (Å²) in [4.78, 5) is 23.5. The lowest BCUT2D eigenvalue weighted by atomic mass is 9.98. The Balaban J connectivity index is 2.71. The summed E-state index contributed by atoms with van der Waals surface area (Å²) in [7, 11) is 0. The Labute approximate surface area is 145 Å². The maximum absolute atomic E-state index is 12.3. The van der Waals surface area contributed by atoms with Gasteiger partial charge in [-0.2, -0.15) is 0 Å². The van der Waals surface area contributed by atoms with Crippen molar-refractivity contribution in [1.82, 2.24) is 0 Å². The van der Waals surface area contributed by atoms with Gasteiger partial charge < -0.3 is 9.84 Å². The number of carbonyl (C=O) groups is 2. The minimum atomic E-state index is -0.968. The summed E-state index contributed by atoms with van der Waals surface area (Å²) in [6, 6.07) is 4.68. The lowest BCUT2D eigenvalue weighted by Crippen LogP contribution is -2.11. The summed E-state index contributed by atoms with van der Waals surface area (Å²) in [6.07, 6.45) is 9.26. The van der Waals surface area contributed by atoms with Gasteiger partial charge in [0.2, 0.25) is 0 Å². The fourth-order valence-corrected chi connectivity index (χ4v) is 2.65. The molecule has 0 spiro atoms. The molecular formula is C20H30O4. The zero-order valence-electron chi connectivity index (χ0n) is 15.0. The number of carboxylic acid groups (broad SMARTS) is 1. The van der Waals surface area contributed by atoms with Gasteiger partial charge in [0.25, 0.3) is 0 Å². The van der Waals surface area contributed by atoms with Crippen molar-refractivity contribution in [2.45, 2.75) is 71.6 Å². The molecule has 1 aromatic carbocycles. The molecule has 0 aliphatic rings. The molecule has 4 heteroatoms. The van der Waals surface area contributed by atoms with Crippen LogP contribution in [0.15, 0.2) is 18.2 Å². The van der Waals surface area contributed by atoms with Gasteiger partial charge in [-0.05, 0) is 43.0 Å². The number of aryl methyl sites for hydroxylation is 1. The number of carbonyl (C=O) groups excluding carboxylic acids is 1. The number of rotatable bonds is 12. The Bertz CT molecular complexity index is 522. The second-order valence-corrected chi connectivity index (χ2v) is 6.18. The van der Waals surface area contributed by atoms with Gasteiger partial charge in [0.15, 0.2) is 0 Å². The SMILES string of the molecule is CCCCCCOC(=O)c1ccc(C(=O)O)cc1CCCCCC. The predicted molar refractivity (Wildman–Crippen MR) is 95.7 cm³/mol. The van der Waals surface area contributed by atoms with E-state index in [0.29, 0.717) is 18.6 Å². The van der Waals surface area contributed by atoms with Crippen LogP contribution in [0.4, 0.5) is 0 Å².